The number of aromatic nitrogens is 1. The van der Waals surface area contributed by atoms with E-state index in [0.29, 0.717) is 0 Å². The molecule has 1 aromatic heterocycles. The van der Waals surface area contributed by atoms with E-state index >= 15 is 0 Å². The van der Waals surface area contributed by atoms with Crippen LogP contribution in [0, 0.1) is 0 Å². The molecule has 1 aromatic carbocycles. The van der Waals surface area contributed by atoms with Gasteiger partial charge in [0.05, 0.1) is 16.7 Å². The van der Waals surface area contributed by atoms with Crippen LogP contribution < -0.4 is 4.90 Å². The summed E-state index contributed by atoms with van der Waals surface area (Å²) in [5.74, 6) is 0. The Balaban J connectivity index is 1.73. The van der Waals surface area contributed by atoms with Crippen LogP contribution in [0.3, 0.4) is 0 Å². The first-order valence-electron chi connectivity index (χ1n) is 8.82. The van der Waals surface area contributed by atoms with Crippen molar-refractivity contribution in [1.29, 1.82) is 0 Å². The van der Waals surface area contributed by atoms with Crippen LogP contribution in [0.25, 0.3) is 10.6 Å². The third-order valence-corrected chi connectivity index (χ3v) is 6.33. The number of likely N-dealkylation sites (tertiary alicyclic amines) is 1. The van der Waals surface area contributed by atoms with Crippen LogP contribution in [0.2, 0.25) is 0 Å². The van der Waals surface area contributed by atoms with Crippen LogP contribution in [0.4, 0.5) is 5.69 Å². The zero-order chi connectivity index (χ0) is 16.7. The number of hydrogen-bond donors (Lipinski definition) is 1. The molecule has 0 bridgehead atoms. The van der Waals surface area contributed by atoms with E-state index in [1.54, 1.807) is 11.3 Å². The molecule has 0 radical (unpaired) electrons. The first kappa shape index (κ1) is 16.1. The minimum Gasteiger partial charge on any atom is -0.388 e. The molecule has 5 heteroatoms. The molecule has 24 heavy (non-hydrogen) atoms. The molecule has 2 aliphatic rings. The van der Waals surface area contributed by atoms with Crippen LogP contribution in [-0.2, 0) is 13.0 Å². The molecule has 0 amide bonds. The number of aryl methyl sites for hydroxylation is 1. The van der Waals surface area contributed by atoms with Gasteiger partial charge in [0.25, 0.3) is 0 Å². The molecule has 1 unspecified atom stereocenters. The third-order valence-electron chi connectivity index (χ3n) is 5.10. The molecule has 1 aliphatic carbocycles. The molecule has 4 nitrogen and oxygen atoms in total. The molecule has 2 aromatic rings. The first-order valence-corrected chi connectivity index (χ1v) is 9.64. The Bertz CT molecular complexity index is 736. The van der Waals surface area contributed by atoms with Crippen molar-refractivity contribution in [2.24, 2.45) is 0 Å². The third kappa shape index (κ3) is 2.96. The number of benzene rings is 1. The molecule has 0 saturated carbocycles. The molecule has 0 spiro atoms. The quantitative estimate of drug-likeness (QED) is 0.923. The Hall–Kier alpha value is -1.43. The minimum absolute atomic E-state index is 0.320. The van der Waals surface area contributed by atoms with Crippen LogP contribution in [0.1, 0.15) is 41.5 Å². The summed E-state index contributed by atoms with van der Waals surface area (Å²) in [5, 5.41) is 11.3. The van der Waals surface area contributed by atoms with Gasteiger partial charge in [0.2, 0.25) is 0 Å². The van der Waals surface area contributed by atoms with E-state index in [9.17, 15) is 5.11 Å². The number of hydrogen-bond acceptors (Lipinski definition) is 5. The predicted molar refractivity (Wildman–Crippen MR) is 99.7 cm³/mol. The summed E-state index contributed by atoms with van der Waals surface area (Å²) in [4.78, 5) is 10.6. The Morgan fingerprint density at radius 2 is 2.12 bits per heavy atom. The Kier molecular flexibility index (Phi) is 4.33. The monoisotopic (exact) mass is 343 g/mol. The fourth-order valence-corrected chi connectivity index (χ4v) is 4.68. The number of fused-ring (bicyclic) bond motifs is 1. The van der Waals surface area contributed by atoms with Gasteiger partial charge in [-0.15, -0.1) is 11.3 Å². The van der Waals surface area contributed by atoms with Gasteiger partial charge in [0.1, 0.15) is 5.01 Å². The molecule has 1 saturated heterocycles. The standard InChI is InChI=1S/C19H25N3OS/c1-21(2)14-7-8-15(13(11-14)12-22-9-4-10-22)19-20-16-5-3-6-17(23)18(16)24-19/h7-8,11,17,23H,3-6,9-10,12H2,1-2H3. The lowest BCUT2D eigenvalue weighted by molar-refractivity contribution is 0.160. The molecule has 1 atom stereocenters. The average Bonchev–Trinajstić information content (AvgIpc) is 2.96. The van der Waals surface area contributed by atoms with E-state index in [1.165, 1.54) is 36.3 Å². The lowest BCUT2D eigenvalue weighted by Crippen LogP contribution is -2.36. The van der Waals surface area contributed by atoms with Crippen molar-refractivity contribution in [3.8, 4) is 10.6 Å². The molecule has 128 valence electrons. The lowest BCUT2D eigenvalue weighted by atomic mass is 10.0. The van der Waals surface area contributed by atoms with Gasteiger partial charge >= 0.3 is 0 Å². The van der Waals surface area contributed by atoms with Crippen molar-refractivity contribution < 1.29 is 5.11 Å². The summed E-state index contributed by atoms with van der Waals surface area (Å²) in [6.07, 6.45) is 3.90. The van der Waals surface area contributed by atoms with Crippen LogP contribution in [-0.4, -0.2) is 42.2 Å². The summed E-state index contributed by atoms with van der Waals surface area (Å²) in [6.45, 7) is 3.38. The van der Waals surface area contributed by atoms with E-state index in [2.05, 4.69) is 42.1 Å². The molecular weight excluding hydrogens is 318 g/mol. The van der Waals surface area contributed by atoms with Crippen molar-refractivity contribution in [3.05, 3.63) is 34.3 Å². The van der Waals surface area contributed by atoms with Gasteiger partial charge in [-0.2, -0.15) is 0 Å². The summed E-state index contributed by atoms with van der Waals surface area (Å²) in [6, 6.07) is 6.68. The number of anilines is 1. The molecule has 1 fully saturated rings. The molecule has 1 aliphatic heterocycles. The van der Waals surface area contributed by atoms with Crippen LogP contribution in [0.15, 0.2) is 18.2 Å². The van der Waals surface area contributed by atoms with E-state index in [-0.39, 0.29) is 6.10 Å². The average molecular weight is 343 g/mol. The molecule has 1 N–H and O–H groups in total. The highest BCUT2D eigenvalue weighted by atomic mass is 32.1. The van der Waals surface area contributed by atoms with Crippen molar-refractivity contribution in [2.75, 3.05) is 32.1 Å². The predicted octanol–water partition coefficient (Wildman–Crippen LogP) is 3.45. The van der Waals surface area contributed by atoms with Gasteiger partial charge in [-0.3, -0.25) is 4.90 Å². The Labute approximate surface area is 147 Å². The van der Waals surface area contributed by atoms with Gasteiger partial charge in [0, 0.05) is 31.9 Å². The normalized spacial score (nSPS) is 20.5. The minimum atomic E-state index is -0.320. The van der Waals surface area contributed by atoms with E-state index < -0.39 is 0 Å². The number of nitrogens with zero attached hydrogens (tertiary/aromatic N) is 3. The van der Waals surface area contributed by atoms with E-state index in [1.807, 2.05) is 0 Å². The number of rotatable bonds is 4. The summed E-state index contributed by atoms with van der Waals surface area (Å²) < 4.78 is 0. The van der Waals surface area contributed by atoms with Crippen LogP contribution in [0.5, 0.6) is 0 Å². The summed E-state index contributed by atoms with van der Waals surface area (Å²) in [5.41, 5.74) is 4.93. The maximum absolute atomic E-state index is 10.3. The second-order valence-electron chi connectivity index (χ2n) is 7.10. The SMILES string of the molecule is CN(C)c1ccc(-c2nc3c(s2)C(O)CCC3)c(CN2CCC2)c1. The number of thiazole rings is 1. The maximum atomic E-state index is 10.3. The van der Waals surface area contributed by atoms with Gasteiger partial charge in [-0.1, -0.05) is 0 Å². The highest BCUT2D eigenvalue weighted by Crippen LogP contribution is 2.39. The zero-order valence-electron chi connectivity index (χ0n) is 14.5. The molecule has 2 heterocycles. The second-order valence-corrected chi connectivity index (χ2v) is 8.13. The number of aliphatic hydroxyl groups is 1. The maximum Gasteiger partial charge on any atom is 0.124 e. The topological polar surface area (TPSA) is 39.6 Å². The van der Waals surface area contributed by atoms with Gasteiger partial charge < -0.3 is 10.0 Å². The Morgan fingerprint density at radius 3 is 2.79 bits per heavy atom. The first-order chi connectivity index (χ1) is 11.6. The lowest BCUT2D eigenvalue weighted by Gasteiger charge is -2.31. The zero-order valence-corrected chi connectivity index (χ0v) is 15.3. The van der Waals surface area contributed by atoms with Crippen molar-refractivity contribution in [1.82, 2.24) is 9.88 Å². The largest absolute Gasteiger partial charge is 0.388 e. The van der Waals surface area contributed by atoms with E-state index in [0.717, 1.165) is 41.4 Å². The van der Waals surface area contributed by atoms with Gasteiger partial charge in [-0.05, 0) is 62.5 Å². The fraction of sp³-hybridized carbons (Fsp3) is 0.526. The van der Waals surface area contributed by atoms with Gasteiger partial charge in [-0.25, -0.2) is 4.98 Å². The number of aliphatic hydroxyl groups excluding tert-OH is 1. The van der Waals surface area contributed by atoms with Crippen molar-refractivity contribution in [3.63, 3.8) is 0 Å². The fourth-order valence-electron chi connectivity index (χ4n) is 3.49. The highest BCUT2D eigenvalue weighted by Gasteiger charge is 2.25. The summed E-state index contributed by atoms with van der Waals surface area (Å²) >= 11 is 1.68. The molecular formula is C19H25N3OS. The van der Waals surface area contributed by atoms with E-state index in [4.69, 9.17) is 4.98 Å². The van der Waals surface area contributed by atoms with Crippen LogP contribution >= 0.6 is 11.3 Å². The second kappa shape index (κ2) is 6.47. The molecule has 4 rings (SSSR count). The highest BCUT2D eigenvalue weighted by molar-refractivity contribution is 7.15. The van der Waals surface area contributed by atoms with Crippen molar-refractivity contribution in [2.45, 2.75) is 38.3 Å². The van der Waals surface area contributed by atoms with Gasteiger partial charge in [0.15, 0.2) is 0 Å². The smallest absolute Gasteiger partial charge is 0.124 e. The summed E-state index contributed by atoms with van der Waals surface area (Å²) in [7, 11) is 4.17. The van der Waals surface area contributed by atoms with Crippen molar-refractivity contribution >= 4 is 17.0 Å². The Morgan fingerprint density at radius 1 is 1.29 bits per heavy atom.